The van der Waals surface area contributed by atoms with Crippen LogP contribution in [-0.2, 0) is 16.2 Å². The van der Waals surface area contributed by atoms with Gasteiger partial charge < -0.3 is 18.9 Å². The van der Waals surface area contributed by atoms with Crippen LogP contribution in [0.25, 0.3) is 6.08 Å². The SMILES string of the molecule is COc1cc(N2C(=O)NC(=O)C(=Cc3ccc(OCc4ccc([N+](=O)[O-])cc4)c(OC)c3)C2=O)c(OC)cc1Cl. The predicted molar refractivity (Wildman–Crippen MR) is 144 cm³/mol. The molecule has 0 radical (unpaired) electrons. The molecule has 0 saturated carbocycles. The third-order valence-electron chi connectivity index (χ3n) is 5.84. The van der Waals surface area contributed by atoms with Gasteiger partial charge in [0, 0.05) is 24.3 Å². The van der Waals surface area contributed by atoms with Crippen LogP contribution in [0, 0.1) is 10.1 Å². The number of halogens is 1. The molecule has 0 atom stereocenters. The second-order valence-electron chi connectivity index (χ2n) is 8.24. The monoisotopic (exact) mass is 567 g/mol. The average Bonchev–Trinajstić information content (AvgIpc) is 2.94. The van der Waals surface area contributed by atoms with Crippen molar-refractivity contribution in [1.29, 1.82) is 0 Å². The number of rotatable bonds is 9. The highest BCUT2D eigenvalue weighted by Crippen LogP contribution is 2.39. The summed E-state index contributed by atoms with van der Waals surface area (Å²) in [5.74, 6) is -0.819. The van der Waals surface area contributed by atoms with E-state index in [0.717, 1.165) is 4.90 Å². The van der Waals surface area contributed by atoms with Crippen molar-refractivity contribution in [1.82, 2.24) is 5.32 Å². The van der Waals surface area contributed by atoms with E-state index in [1.54, 1.807) is 30.3 Å². The highest BCUT2D eigenvalue weighted by Gasteiger charge is 2.38. The normalized spacial score (nSPS) is 14.2. The van der Waals surface area contributed by atoms with Gasteiger partial charge in [0.1, 0.15) is 23.7 Å². The smallest absolute Gasteiger partial charge is 0.336 e. The number of ether oxygens (including phenoxy) is 4. The van der Waals surface area contributed by atoms with Crippen LogP contribution >= 0.6 is 11.6 Å². The van der Waals surface area contributed by atoms with Crippen LogP contribution in [0.1, 0.15) is 11.1 Å². The standard InChI is InChI=1S/C27H22ClN3O9/c1-37-22-13-20(23(38-2)12-19(22)28)30-26(33)18(25(32)29-27(30)34)10-16-6-9-21(24(11-16)39-3)40-14-15-4-7-17(8-5-15)31(35)36/h4-13H,14H2,1-3H3,(H,29,32,34). The first-order chi connectivity index (χ1) is 19.2. The number of methoxy groups -OCH3 is 3. The van der Waals surface area contributed by atoms with E-state index in [1.807, 2.05) is 0 Å². The summed E-state index contributed by atoms with van der Waals surface area (Å²) < 4.78 is 21.7. The molecule has 0 bridgehead atoms. The number of nitro groups is 1. The lowest BCUT2D eigenvalue weighted by atomic mass is 10.1. The van der Waals surface area contributed by atoms with Crippen LogP contribution < -0.4 is 29.2 Å². The van der Waals surface area contributed by atoms with E-state index >= 15 is 0 Å². The molecule has 206 valence electrons. The van der Waals surface area contributed by atoms with Gasteiger partial charge in [-0.15, -0.1) is 0 Å². The van der Waals surface area contributed by atoms with Crippen molar-refractivity contribution in [3.05, 3.63) is 86.4 Å². The summed E-state index contributed by atoms with van der Waals surface area (Å²) in [6.07, 6.45) is 1.30. The second-order valence-corrected chi connectivity index (χ2v) is 8.65. The van der Waals surface area contributed by atoms with Gasteiger partial charge in [-0.2, -0.15) is 0 Å². The number of hydrogen-bond acceptors (Lipinski definition) is 9. The number of carbonyl (C=O) groups excluding carboxylic acids is 3. The molecule has 1 aliphatic heterocycles. The summed E-state index contributed by atoms with van der Waals surface area (Å²) in [5, 5.41) is 13.2. The molecule has 0 aromatic heterocycles. The summed E-state index contributed by atoms with van der Waals surface area (Å²) >= 11 is 6.15. The van der Waals surface area contributed by atoms with Gasteiger partial charge in [0.25, 0.3) is 17.5 Å². The van der Waals surface area contributed by atoms with Crippen molar-refractivity contribution < 1.29 is 38.3 Å². The van der Waals surface area contributed by atoms with Crippen LogP contribution in [0.3, 0.4) is 0 Å². The molecule has 0 unspecified atom stereocenters. The van der Waals surface area contributed by atoms with Crippen molar-refractivity contribution in [2.45, 2.75) is 6.61 Å². The molecule has 1 fully saturated rings. The Morgan fingerprint density at radius 1 is 0.900 bits per heavy atom. The fraction of sp³-hybridized carbons (Fsp3) is 0.148. The van der Waals surface area contributed by atoms with E-state index in [0.29, 0.717) is 22.6 Å². The molecule has 1 N–H and O–H groups in total. The summed E-state index contributed by atoms with van der Waals surface area (Å²) in [6.45, 7) is 0.110. The number of anilines is 1. The number of imide groups is 2. The van der Waals surface area contributed by atoms with E-state index in [4.69, 9.17) is 30.5 Å². The Morgan fingerprint density at radius 3 is 2.20 bits per heavy atom. The number of nitro benzene ring substituents is 1. The van der Waals surface area contributed by atoms with Gasteiger partial charge in [-0.1, -0.05) is 17.7 Å². The molecule has 0 spiro atoms. The maximum atomic E-state index is 13.4. The molecule has 40 heavy (non-hydrogen) atoms. The molecule has 3 aromatic carbocycles. The third-order valence-corrected chi connectivity index (χ3v) is 6.13. The number of carbonyl (C=O) groups is 3. The Labute approximate surface area is 232 Å². The van der Waals surface area contributed by atoms with Crippen LogP contribution in [0.15, 0.2) is 60.2 Å². The van der Waals surface area contributed by atoms with Gasteiger partial charge in [0.05, 0.1) is 37.0 Å². The van der Waals surface area contributed by atoms with Crippen molar-refractivity contribution in [2.24, 2.45) is 0 Å². The summed E-state index contributed by atoms with van der Waals surface area (Å²) in [6, 6.07) is 12.4. The van der Waals surface area contributed by atoms with Gasteiger partial charge in [0.2, 0.25) is 0 Å². The van der Waals surface area contributed by atoms with Gasteiger partial charge >= 0.3 is 6.03 Å². The van der Waals surface area contributed by atoms with E-state index in [9.17, 15) is 24.5 Å². The molecule has 0 aliphatic carbocycles. The number of amides is 4. The van der Waals surface area contributed by atoms with E-state index in [2.05, 4.69) is 5.32 Å². The van der Waals surface area contributed by atoms with E-state index in [-0.39, 0.29) is 40.1 Å². The molecule has 1 saturated heterocycles. The molecular formula is C27H22ClN3O9. The summed E-state index contributed by atoms with van der Waals surface area (Å²) in [5.41, 5.74) is 0.777. The summed E-state index contributed by atoms with van der Waals surface area (Å²) in [7, 11) is 4.13. The Balaban J connectivity index is 1.61. The molecule has 1 heterocycles. The van der Waals surface area contributed by atoms with Crippen molar-refractivity contribution in [3.63, 3.8) is 0 Å². The minimum atomic E-state index is -0.970. The number of benzene rings is 3. The number of nitrogens with zero attached hydrogens (tertiary/aromatic N) is 2. The minimum absolute atomic E-state index is 0.0252. The average molecular weight is 568 g/mol. The molecule has 4 amide bonds. The van der Waals surface area contributed by atoms with Crippen molar-refractivity contribution in [3.8, 4) is 23.0 Å². The van der Waals surface area contributed by atoms with Gasteiger partial charge in [0.15, 0.2) is 11.5 Å². The lowest BCUT2D eigenvalue weighted by Gasteiger charge is -2.28. The summed E-state index contributed by atoms with van der Waals surface area (Å²) in [4.78, 5) is 49.9. The molecule has 3 aromatic rings. The first-order valence-electron chi connectivity index (χ1n) is 11.5. The van der Waals surface area contributed by atoms with E-state index < -0.39 is 22.8 Å². The maximum absolute atomic E-state index is 13.4. The Bertz CT molecular complexity index is 1540. The van der Waals surface area contributed by atoms with Crippen LogP contribution in [0.2, 0.25) is 5.02 Å². The third kappa shape index (κ3) is 5.66. The Morgan fingerprint density at radius 2 is 1.57 bits per heavy atom. The fourth-order valence-corrected chi connectivity index (χ4v) is 4.06. The van der Waals surface area contributed by atoms with Crippen molar-refractivity contribution in [2.75, 3.05) is 26.2 Å². The van der Waals surface area contributed by atoms with E-state index in [1.165, 1.54) is 51.7 Å². The highest BCUT2D eigenvalue weighted by molar-refractivity contribution is 6.39. The quantitative estimate of drug-likeness (QED) is 0.170. The molecule has 13 heteroatoms. The first-order valence-corrected chi connectivity index (χ1v) is 11.9. The first kappa shape index (κ1) is 27.9. The lowest BCUT2D eigenvalue weighted by molar-refractivity contribution is -0.384. The van der Waals surface area contributed by atoms with Crippen molar-refractivity contribution >= 4 is 46.9 Å². The molecular weight excluding hydrogens is 546 g/mol. The second kappa shape index (κ2) is 11.7. The Hall–Kier alpha value is -5.10. The molecule has 1 aliphatic rings. The van der Waals surface area contributed by atoms with Gasteiger partial charge in [-0.25, -0.2) is 9.69 Å². The zero-order valence-electron chi connectivity index (χ0n) is 21.4. The number of hydrogen-bond donors (Lipinski definition) is 1. The van der Waals surface area contributed by atoms with Gasteiger partial charge in [-0.05, 0) is 41.5 Å². The fourth-order valence-electron chi connectivity index (χ4n) is 3.83. The lowest BCUT2D eigenvalue weighted by Crippen LogP contribution is -2.54. The number of non-ortho nitro benzene ring substituents is 1. The highest BCUT2D eigenvalue weighted by atomic mass is 35.5. The minimum Gasteiger partial charge on any atom is -0.495 e. The molecule has 4 rings (SSSR count). The zero-order chi connectivity index (χ0) is 29.0. The largest absolute Gasteiger partial charge is 0.495 e. The van der Waals surface area contributed by atoms with Crippen LogP contribution in [-0.4, -0.2) is 44.1 Å². The van der Waals surface area contributed by atoms with Gasteiger partial charge in [-0.3, -0.25) is 25.0 Å². The number of nitrogens with one attached hydrogen (secondary N) is 1. The predicted octanol–water partition coefficient (Wildman–Crippen LogP) is 4.52. The maximum Gasteiger partial charge on any atom is 0.336 e. The number of barbiturate groups is 1. The Kier molecular flexibility index (Phi) is 8.20. The zero-order valence-corrected chi connectivity index (χ0v) is 22.2. The van der Waals surface area contributed by atoms with Crippen LogP contribution in [0.5, 0.6) is 23.0 Å². The topological polar surface area (TPSA) is 147 Å². The molecule has 12 nitrogen and oxygen atoms in total. The van der Waals surface area contributed by atoms with Crippen LogP contribution in [0.4, 0.5) is 16.2 Å². The number of urea groups is 1.